The second kappa shape index (κ2) is 14.0. The Labute approximate surface area is 229 Å². The lowest BCUT2D eigenvalue weighted by Crippen LogP contribution is -2.50. The highest BCUT2D eigenvalue weighted by Gasteiger charge is 2.29. The normalized spacial score (nSPS) is 13.1. The van der Waals surface area contributed by atoms with E-state index in [2.05, 4.69) is 5.32 Å². The summed E-state index contributed by atoms with van der Waals surface area (Å²) in [5, 5.41) is 3.64. The van der Waals surface area contributed by atoms with Crippen LogP contribution < -0.4 is 9.62 Å². The molecule has 2 atom stereocenters. The molecule has 2 rings (SSSR count). The van der Waals surface area contributed by atoms with E-state index < -0.39 is 21.9 Å². The summed E-state index contributed by atoms with van der Waals surface area (Å²) in [4.78, 5) is 28.0. The fourth-order valence-corrected chi connectivity index (χ4v) is 5.12. The van der Waals surface area contributed by atoms with Crippen molar-refractivity contribution in [2.45, 2.75) is 65.1 Å². The Hall–Kier alpha value is -2.36. The number of carbonyl (C=O) groups is 2. The van der Waals surface area contributed by atoms with Crippen LogP contribution in [-0.2, 0) is 26.2 Å². The number of hydrogen-bond donors (Lipinski definition) is 1. The van der Waals surface area contributed by atoms with Crippen LogP contribution in [0.15, 0.2) is 42.5 Å². The van der Waals surface area contributed by atoms with Crippen molar-refractivity contribution in [2.75, 3.05) is 17.1 Å². The van der Waals surface area contributed by atoms with E-state index in [-0.39, 0.29) is 49.5 Å². The zero-order valence-electron chi connectivity index (χ0n) is 21.5. The molecule has 7 nitrogen and oxygen atoms in total. The maximum atomic E-state index is 14.3. The average Bonchev–Trinajstić information content (AvgIpc) is 2.83. The molecule has 0 heterocycles. The van der Waals surface area contributed by atoms with Gasteiger partial charge in [-0.2, -0.15) is 0 Å². The molecule has 0 radical (unpaired) electrons. The molecular weight excluding hydrogens is 540 g/mol. The Kier molecular flexibility index (Phi) is 11.7. The number of rotatable bonds is 13. The van der Waals surface area contributed by atoms with Crippen molar-refractivity contribution in [2.24, 2.45) is 0 Å². The zero-order chi connectivity index (χ0) is 27.8. The van der Waals surface area contributed by atoms with Crippen molar-refractivity contribution in [3.05, 3.63) is 63.9 Å². The first-order valence-corrected chi connectivity index (χ1v) is 14.7. The van der Waals surface area contributed by atoms with E-state index in [4.69, 9.17) is 23.2 Å². The Bertz CT molecular complexity index is 1200. The Balaban J connectivity index is 2.26. The highest BCUT2D eigenvalue weighted by atomic mass is 35.5. The van der Waals surface area contributed by atoms with Gasteiger partial charge in [-0.15, -0.1) is 0 Å². The fourth-order valence-electron chi connectivity index (χ4n) is 3.83. The second-order valence-electron chi connectivity index (χ2n) is 8.90. The van der Waals surface area contributed by atoms with Crippen molar-refractivity contribution in [1.82, 2.24) is 10.2 Å². The second-order valence-corrected chi connectivity index (χ2v) is 11.6. The van der Waals surface area contributed by atoms with E-state index in [1.807, 2.05) is 20.8 Å². The molecule has 2 aromatic carbocycles. The summed E-state index contributed by atoms with van der Waals surface area (Å²) in [6, 6.07) is 9.77. The summed E-state index contributed by atoms with van der Waals surface area (Å²) in [7, 11) is -3.79. The predicted octanol–water partition coefficient (Wildman–Crippen LogP) is 5.40. The molecule has 0 aliphatic carbocycles. The van der Waals surface area contributed by atoms with Crippen LogP contribution in [0, 0.1) is 5.82 Å². The van der Waals surface area contributed by atoms with Gasteiger partial charge in [-0.05, 0) is 56.0 Å². The summed E-state index contributed by atoms with van der Waals surface area (Å²) >= 11 is 12.2. The summed E-state index contributed by atoms with van der Waals surface area (Å²) in [5.41, 5.74) is 0.617. The predicted molar refractivity (Wildman–Crippen MR) is 147 cm³/mol. The summed E-state index contributed by atoms with van der Waals surface area (Å²) in [6.45, 7) is 5.68. The van der Waals surface area contributed by atoms with E-state index in [0.717, 1.165) is 17.0 Å². The van der Waals surface area contributed by atoms with Gasteiger partial charge in [0.1, 0.15) is 11.9 Å². The molecule has 0 spiro atoms. The molecule has 11 heteroatoms. The smallest absolute Gasteiger partial charge is 0.243 e. The van der Waals surface area contributed by atoms with Gasteiger partial charge in [0.25, 0.3) is 0 Å². The number of sulfonamides is 1. The van der Waals surface area contributed by atoms with E-state index >= 15 is 0 Å². The molecule has 37 heavy (non-hydrogen) atoms. The first-order valence-electron chi connectivity index (χ1n) is 12.1. The van der Waals surface area contributed by atoms with Crippen LogP contribution in [-0.4, -0.2) is 50.0 Å². The molecule has 0 aliphatic heterocycles. The minimum Gasteiger partial charge on any atom is -0.352 e. The van der Waals surface area contributed by atoms with Gasteiger partial charge in [0.15, 0.2) is 0 Å². The first kappa shape index (κ1) is 30.9. The number of nitrogens with one attached hydrogen (secondary N) is 1. The molecule has 0 aliphatic rings. The molecule has 0 saturated carbocycles. The largest absolute Gasteiger partial charge is 0.352 e. The Morgan fingerprint density at radius 3 is 2.30 bits per heavy atom. The van der Waals surface area contributed by atoms with Crippen molar-refractivity contribution in [1.29, 1.82) is 0 Å². The molecule has 0 fully saturated rings. The quantitative estimate of drug-likeness (QED) is 0.347. The van der Waals surface area contributed by atoms with Crippen LogP contribution in [0.25, 0.3) is 0 Å². The standard InChI is InChI=1S/C26H34Cl2FN3O4S/c1-5-18(3)30-26(34)23(6-2)31(17-19-13-14-20(27)21(28)16-19)25(33)12-9-15-32(37(4,35)36)24-11-8-7-10-22(24)29/h7-8,10-11,13-14,16,18,23H,5-6,9,12,15,17H2,1-4H3,(H,30,34)/t18-,23+/m1/s1. The third-order valence-corrected chi connectivity index (χ3v) is 7.92. The van der Waals surface area contributed by atoms with Gasteiger partial charge in [-0.3, -0.25) is 13.9 Å². The van der Waals surface area contributed by atoms with Gasteiger partial charge < -0.3 is 10.2 Å². The molecule has 2 aromatic rings. The number of halogens is 3. The van der Waals surface area contributed by atoms with Gasteiger partial charge in [-0.25, -0.2) is 12.8 Å². The molecule has 2 amide bonds. The monoisotopic (exact) mass is 573 g/mol. The molecule has 0 bridgehead atoms. The van der Waals surface area contributed by atoms with E-state index in [1.165, 1.54) is 23.1 Å². The Morgan fingerprint density at radius 2 is 1.73 bits per heavy atom. The Morgan fingerprint density at radius 1 is 1.05 bits per heavy atom. The van der Waals surface area contributed by atoms with Gasteiger partial charge in [-0.1, -0.05) is 55.2 Å². The van der Waals surface area contributed by atoms with Crippen molar-refractivity contribution in [3.8, 4) is 0 Å². The highest BCUT2D eigenvalue weighted by molar-refractivity contribution is 7.92. The third-order valence-electron chi connectivity index (χ3n) is 6.00. The maximum Gasteiger partial charge on any atom is 0.243 e. The van der Waals surface area contributed by atoms with Crippen LogP contribution in [0.2, 0.25) is 10.0 Å². The first-order chi connectivity index (χ1) is 17.4. The lowest BCUT2D eigenvalue weighted by atomic mass is 10.1. The molecule has 0 aromatic heterocycles. The SMILES string of the molecule is CC[C@@H](C)NC(=O)[C@H](CC)N(Cc1ccc(Cl)c(Cl)c1)C(=O)CCCN(c1ccccc1F)S(C)(=O)=O. The van der Waals surface area contributed by atoms with E-state index in [9.17, 15) is 22.4 Å². The number of anilines is 1. The van der Waals surface area contributed by atoms with Gasteiger partial charge in [0, 0.05) is 25.6 Å². The zero-order valence-corrected chi connectivity index (χ0v) is 23.8. The van der Waals surface area contributed by atoms with Crippen molar-refractivity contribution >= 4 is 50.7 Å². The molecule has 0 unspecified atom stereocenters. The number of nitrogens with zero attached hydrogens (tertiary/aromatic N) is 2. The number of carbonyl (C=O) groups excluding carboxylic acids is 2. The van der Waals surface area contributed by atoms with Crippen molar-refractivity contribution < 1.29 is 22.4 Å². The lowest BCUT2D eigenvalue weighted by Gasteiger charge is -2.32. The van der Waals surface area contributed by atoms with Gasteiger partial charge >= 0.3 is 0 Å². The lowest BCUT2D eigenvalue weighted by molar-refractivity contribution is -0.141. The summed E-state index contributed by atoms with van der Waals surface area (Å²) < 4.78 is 40.0. The topological polar surface area (TPSA) is 86.8 Å². The third kappa shape index (κ3) is 8.86. The number of amides is 2. The van der Waals surface area contributed by atoms with Crippen molar-refractivity contribution in [3.63, 3.8) is 0 Å². The van der Waals surface area contributed by atoms with Gasteiger partial charge in [0.05, 0.1) is 22.0 Å². The van der Waals surface area contributed by atoms with Crippen LogP contribution in [0.4, 0.5) is 10.1 Å². The fraction of sp³-hybridized carbons (Fsp3) is 0.462. The molecule has 1 N–H and O–H groups in total. The molecule has 204 valence electrons. The van der Waals surface area contributed by atoms with Crippen LogP contribution in [0.3, 0.4) is 0 Å². The van der Waals surface area contributed by atoms with Crippen LogP contribution >= 0.6 is 23.2 Å². The summed E-state index contributed by atoms with van der Waals surface area (Å²) in [5.74, 6) is -1.28. The molecule has 0 saturated heterocycles. The van der Waals surface area contributed by atoms with E-state index in [1.54, 1.807) is 24.3 Å². The van der Waals surface area contributed by atoms with Gasteiger partial charge in [0.2, 0.25) is 21.8 Å². The van der Waals surface area contributed by atoms with Crippen LogP contribution in [0.5, 0.6) is 0 Å². The number of para-hydroxylation sites is 1. The highest BCUT2D eigenvalue weighted by Crippen LogP contribution is 2.25. The minimum atomic E-state index is -3.79. The number of benzene rings is 2. The average molecular weight is 575 g/mol. The number of hydrogen-bond acceptors (Lipinski definition) is 4. The van der Waals surface area contributed by atoms with E-state index in [0.29, 0.717) is 22.0 Å². The summed E-state index contributed by atoms with van der Waals surface area (Å²) in [6.07, 6.45) is 2.18. The minimum absolute atomic E-state index is 0.0467. The van der Waals surface area contributed by atoms with Crippen LogP contribution in [0.1, 0.15) is 52.0 Å². The molecular formula is C26H34Cl2FN3O4S. The maximum absolute atomic E-state index is 14.3.